The molecule has 1 fully saturated rings. The minimum atomic E-state index is 0.598. The summed E-state index contributed by atoms with van der Waals surface area (Å²) >= 11 is 0. The van der Waals surface area contributed by atoms with Crippen molar-refractivity contribution in [2.75, 3.05) is 33.3 Å². The maximum atomic E-state index is 5.88. The molecule has 0 saturated carbocycles. The number of nitrogens with one attached hydrogen (secondary N) is 1. The molecule has 0 spiro atoms. The van der Waals surface area contributed by atoms with Gasteiger partial charge in [-0.1, -0.05) is 44.2 Å². The summed E-state index contributed by atoms with van der Waals surface area (Å²) in [6.07, 6.45) is 1.18. The molecular weight excluding hydrogens is 274 g/mol. The largest absolute Gasteiger partial charge is 0.376 e. The fraction of sp³-hybridized carbons (Fsp3) is 0.611. The van der Waals surface area contributed by atoms with Crippen LogP contribution in [0.1, 0.15) is 25.8 Å². The molecule has 1 aliphatic rings. The second-order valence-electron chi connectivity index (χ2n) is 6.42. The summed E-state index contributed by atoms with van der Waals surface area (Å²) < 4.78 is 5.88. The third-order valence-electron chi connectivity index (χ3n) is 3.93. The molecule has 1 aliphatic heterocycles. The Balaban J connectivity index is 1.70. The van der Waals surface area contributed by atoms with Crippen LogP contribution < -0.4 is 5.32 Å². The molecule has 0 aliphatic carbocycles. The summed E-state index contributed by atoms with van der Waals surface area (Å²) in [7, 11) is 1.86. The van der Waals surface area contributed by atoms with Crippen LogP contribution in [0.15, 0.2) is 35.3 Å². The van der Waals surface area contributed by atoms with E-state index in [1.54, 1.807) is 0 Å². The van der Waals surface area contributed by atoms with E-state index in [1.807, 2.05) is 13.1 Å². The summed E-state index contributed by atoms with van der Waals surface area (Å²) in [4.78, 5) is 6.74. The molecule has 0 aromatic heterocycles. The van der Waals surface area contributed by atoms with Gasteiger partial charge in [-0.15, -0.1) is 0 Å². The van der Waals surface area contributed by atoms with Gasteiger partial charge in [0, 0.05) is 32.6 Å². The molecule has 1 saturated heterocycles. The number of hydrogen-bond acceptors (Lipinski definition) is 2. The summed E-state index contributed by atoms with van der Waals surface area (Å²) in [5, 5.41) is 3.45. The molecule has 0 bridgehead atoms. The molecule has 1 heterocycles. The van der Waals surface area contributed by atoms with Crippen molar-refractivity contribution < 1.29 is 4.74 Å². The van der Waals surface area contributed by atoms with Crippen LogP contribution in [0.2, 0.25) is 0 Å². The van der Waals surface area contributed by atoms with Crippen LogP contribution in [0.25, 0.3) is 0 Å². The predicted molar refractivity (Wildman–Crippen MR) is 92.0 cm³/mol. The lowest BCUT2D eigenvalue weighted by Gasteiger charge is -2.22. The SMILES string of the molecule is CN=C(NCC(C)C)N1CCC(COCc2ccccc2)C1. The van der Waals surface area contributed by atoms with Crippen LogP contribution >= 0.6 is 0 Å². The quantitative estimate of drug-likeness (QED) is 0.648. The Labute approximate surface area is 134 Å². The maximum Gasteiger partial charge on any atom is 0.193 e. The first kappa shape index (κ1) is 16.8. The van der Waals surface area contributed by atoms with Crippen molar-refractivity contribution in [3.63, 3.8) is 0 Å². The average Bonchev–Trinajstić information content (AvgIpc) is 2.97. The molecule has 0 amide bonds. The molecule has 1 aromatic rings. The van der Waals surface area contributed by atoms with Crippen molar-refractivity contribution in [1.82, 2.24) is 10.2 Å². The van der Waals surface area contributed by atoms with E-state index < -0.39 is 0 Å². The Morgan fingerprint density at radius 2 is 2.14 bits per heavy atom. The van der Waals surface area contributed by atoms with Gasteiger partial charge < -0.3 is 15.0 Å². The predicted octanol–water partition coefficient (Wildman–Crippen LogP) is 2.76. The number of aliphatic imine (C=N–C) groups is 1. The molecule has 4 heteroatoms. The van der Waals surface area contributed by atoms with Crippen molar-refractivity contribution in [3.8, 4) is 0 Å². The second kappa shape index (κ2) is 8.79. The number of guanidine groups is 1. The van der Waals surface area contributed by atoms with Gasteiger partial charge in [0.2, 0.25) is 0 Å². The number of benzene rings is 1. The molecule has 22 heavy (non-hydrogen) atoms. The lowest BCUT2D eigenvalue weighted by atomic mass is 10.1. The highest BCUT2D eigenvalue weighted by Crippen LogP contribution is 2.17. The minimum absolute atomic E-state index is 0.598. The van der Waals surface area contributed by atoms with Crippen molar-refractivity contribution >= 4 is 5.96 Å². The van der Waals surface area contributed by atoms with Gasteiger partial charge in [-0.25, -0.2) is 0 Å². The highest BCUT2D eigenvalue weighted by Gasteiger charge is 2.24. The lowest BCUT2D eigenvalue weighted by molar-refractivity contribution is 0.0906. The second-order valence-corrected chi connectivity index (χ2v) is 6.42. The number of rotatable bonds is 6. The standard InChI is InChI=1S/C18H29N3O/c1-15(2)11-20-18(19-3)21-10-9-17(12-21)14-22-13-16-7-5-4-6-8-16/h4-8,15,17H,9-14H2,1-3H3,(H,19,20). The smallest absolute Gasteiger partial charge is 0.193 e. The zero-order valence-corrected chi connectivity index (χ0v) is 14.1. The van der Waals surface area contributed by atoms with Crippen LogP contribution in [0, 0.1) is 11.8 Å². The fourth-order valence-corrected chi connectivity index (χ4v) is 2.71. The zero-order valence-electron chi connectivity index (χ0n) is 14.1. The van der Waals surface area contributed by atoms with E-state index in [4.69, 9.17) is 4.74 Å². The van der Waals surface area contributed by atoms with E-state index in [9.17, 15) is 0 Å². The molecule has 0 radical (unpaired) electrons. The average molecular weight is 303 g/mol. The number of hydrogen-bond donors (Lipinski definition) is 1. The topological polar surface area (TPSA) is 36.9 Å². The van der Waals surface area contributed by atoms with Gasteiger partial charge in [0.15, 0.2) is 5.96 Å². The molecule has 122 valence electrons. The van der Waals surface area contributed by atoms with Gasteiger partial charge in [0.05, 0.1) is 13.2 Å². The van der Waals surface area contributed by atoms with Crippen molar-refractivity contribution in [3.05, 3.63) is 35.9 Å². The third-order valence-corrected chi connectivity index (χ3v) is 3.93. The maximum absolute atomic E-state index is 5.88. The van der Waals surface area contributed by atoms with E-state index in [0.717, 1.165) is 32.2 Å². The van der Waals surface area contributed by atoms with Gasteiger partial charge in [0.1, 0.15) is 0 Å². The summed E-state index contributed by atoms with van der Waals surface area (Å²) in [5.41, 5.74) is 1.24. The van der Waals surface area contributed by atoms with Gasteiger partial charge in [0.25, 0.3) is 0 Å². The molecule has 4 nitrogen and oxygen atoms in total. The third kappa shape index (κ3) is 5.34. The van der Waals surface area contributed by atoms with E-state index in [2.05, 4.69) is 53.3 Å². The summed E-state index contributed by atoms with van der Waals surface area (Å²) in [5.74, 6) is 2.25. The van der Waals surface area contributed by atoms with Crippen molar-refractivity contribution in [1.29, 1.82) is 0 Å². The van der Waals surface area contributed by atoms with E-state index in [1.165, 1.54) is 12.0 Å². The fourth-order valence-electron chi connectivity index (χ4n) is 2.71. The van der Waals surface area contributed by atoms with Crippen LogP contribution in [-0.2, 0) is 11.3 Å². The number of likely N-dealkylation sites (tertiary alicyclic amines) is 1. The molecule has 1 N–H and O–H groups in total. The monoisotopic (exact) mass is 303 g/mol. The zero-order chi connectivity index (χ0) is 15.8. The Hall–Kier alpha value is -1.55. The first-order chi connectivity index (χ1) is 10.7. The summed E-state index contributed by atoms with van der Waals surface area (Å²) in [6, 6.07) is 10.4. The van der Waals surface area contributed by atoms with Crippen LogP contribution in [0.4, 0.5) is 0 Å². The Morgan fingerprint density at radius 1 is 1.36 bits per heavy atom. The Bertz CT molecular complexity index is 459. The molecule has 1 aromatic carbocycles. The minimum Gasteiger partial charge on any atom is -0.376 e. The van der Waals surface area contributed by atoms with Crippen molar-refractivity contribution in [2.45, 2.75) is 26.9 Å². The van der Waals surface area contributed by atoms with E-state index in [-0.39, 0.29) is 0 Å². The van der Waals surface area contributed by atoms with Crippen LogP contribution in [0.5, 0.6) is 0 Å². The molecule has 1 atom stereocenters. The van der Waals surface area contributed by atoms with Gasteiger partial charge in [-0.05, 0) is 17.9 Å². The molecule has 2 rings (SSSR count). The van der Waals surface area contributed by atoms with Gasteiger partial charge >= 0.3 is 0 Å². The van der Waals surface area contributed by atoms with E-state index in [0.29, 0.717) is 18.4 Å². The first-order valence-electron chi connectivity index (χ1n) is 8.26. The molecular formula is C18H29N3O. The Morgan fingerprint density at radius 3 is 2.82 bits per heavy atom. The van der Waals surface area contributed by atoms with Crippen LogP contribution in [0.3, 0.4) is 0 Å². The summed E-state index contributed by atoms with van der Waals surface area (Å²) in [6.45, 7) is 9.03. The Kier molecular flexibility index (Phi) is 6.72. The van der Waals surface area contributed by atoms with Gasteiger partial charge in [-0.3, -0.25) is 4.99 Å². The lowest BCUT2D eigenvalue weighted by Crippen LogP contribution is -2.41. The highest BCUT2D eigenvalue weighted by molar-refractivity contribution is 5.80. The highest BCUT2D eigenvalue weighted by atomic mass is 16.5. The first-order valence-corrected chi connectivity index (χ1v) is 8.26. The van der Waals surface area contributed by atoms with E-state index >= 15 is 0 Å². The van der Waals surface area contributed by atoms with Gasteiger partial charge in [-0.2, -0.15) is 0 Å². The van der Waals surface area contributed by atoms with Crippen LogP contribution in [-0.4, -0.2) is 44.1 Å². The normalized spacial score (nSPS) is 19.0. The molecule has 1 unspecified atom stereocenters. The number of nitrogens with zero attached hydrogens (tertiary/aromatic N) is 2. The van der Waals surface area contributed by atoms with Crippen molar-refractivity contribution in [2.24, 2.45) is 16.8 Å². The number of ether oxygens (including phenoxy) is 1.